The molecule has 7 nitrogen and oxygen atoms in total. The first-order valence-electron chi connectivity index (χ1n) is 10.5. The molecule has 2 fully saturated rings. The third kappa shape index (κ3) is 3.55. The topological polar surface area (TPSA) is 88.9 Å². The summed E-state index contributed by atoms with van der Waals surface area (Å²) >= 11 is 0. The van der Waals surface area contributed by atoms with Crippen LogP contribution in [0.15, 0.2) is 47.5 Å². The van der Waals surface area contributed by atoms with Crippen molar-refractivity contribution >= 4 is 16.7 Å². The van der Waals surface area contributed by atoms with Crippen molar-refractivity contribution in [3.8, 4) is 6.07 Å². The smallest absolute Gasteiger partial charge is 0.257 e. The fraction of sp³-hybridized carbons (Fsp3) is 0.391. The molecular formula is C23H24N6O. The number of rotatable bonds is 5. The summed E-state index contributed by atoms with van der Waals surface area (Å²) in [4.78, 5) is 29.1. The standard InChI is InChI=1S/C23H24N6O/c24-12-16-5-8-22(26-13-16)28-14-18-6-7-19(15-28)29(18)10-2-3-17-11-21-20(23(30)27-17)4-1-9-25-21/h1,4-5,8-9,11,13,18-19H,2-3,6-7,10,14-15H2,(H,27,30). The summed E-state index contributed by atoms with van der Waals surface area (Å²) < 4.78 is 0. The van der Waals surface area contributed by atoms with Crippen molar-refractivity contribution in [1.29, 1.82) is 5.26 Å². The van der Waals surface area contributed by atoms with E-state index in [-0.39, 0.29) is 5.56 Å². The van der Waals surface area contributed by atoms with E-state index in [0.29, 0.717) is 23.0 Å². The van der Waals surface area contributed by atoms with E-state index in [0.717, 1.165) is 49.5 Å². The lowest BCUT2D eigenvalue weighted by Gasteiger charge is -2.41. The predicted molar refractivity (Wildman–Crippen MR) is 115 cm³/mol. The van der Waals surface area contributed by atoms with E-state index in [1.54, 1.807) is 18.5 Å². The molecule has 0 aromatic carbocycles. The number of piperazine rings is 1. The van der Waals surface area contributed by atoms with E-state index >= 15 is 0 Å². The number of anilines is 1. The number of pyridine rings is 3. The summed E-state index contributed by atoms with van der Waals surface area (Å²) in [6, 6.07) is 12.6. The molecule has 3 aromatic rings. The number of aromatic nitrogens is 3. The number of nitriles is 1. The van der Waals surface area contributed by atoms with Gasteiger partial charge in [-0.1, -0.05) is 0 Å². The number of nitrogens with one attached hydrogen (secondary N) is 1. The molecule has 2 unspecified atom stereocenters. The SMILES string of the molecule is N#Cc1ccc(N2CC3CCC(C2)N3CCCc2cc3ncccc3c(=O)[nH]2)nc1. The average molecular weight is 400 g/mol. The summed E-state index contributed by atoms with van der Waals surface area (Å²) in [6.45, 7) is 2.99. The maximum absolute atomic E-state index is 12.3. The molecular weight excluding hydrogens is 376 g/mol. The lowest BCUT2D eigenvalue weighted by Crippen LogP contribution is -2.54. The molecule has 1 N–H and O–H groups in total. The van der Waals surface area contributed by atoms with Gasteiger partial charge in [-0.2, -0.15) is 5.26 Å². The van der Waals surface area contributed by atoms with Gasteiger partial charge >= 0.3 is 0 Å². The molecule has 0 radical (unpaired) electrons. The number of H-pyrrole nitrogens is 1. The van der Waals surface area contributed by atoms with Gasteiger partial charge in [0.15, 0.2) is 0 Å². The summed E-state index contributed by atoms with van der Waals surface area (Å²) in [7, 11) is 0. The molecule has 30 heavy (non-hydrogen) atoms. The van der Waals surface area contributed by atoms with Crippen molar-refractivity contribution in [2.75, 3.05) is 24.5 Å². The van der Waals surface area contributed by atoms with Gasteiger partial charge in [0.2, 0.25) is 0 Å². The molecule has 7 heteroatoms. The number of aromatic amines is 1. The van der Waals surface area contributed by atoms with Crippen LogP contribution in [0.4, 0.5) is 5.82 Å². The monoisotopic (exact) mass is 400 g/mol. The maximum atomic E-state index is 12.3. The highest BCUT2D eigenvalue weighted by Crippen LogP contribution is 2.32. The van der Waals surface area contributed by atoms with Crippen molar-refractivity contribution in [2.24, 2.45) is 0 Å². The molecule has 5 heterocycles. The molecule has 0 aliphatic carbocycles. The number of nitrogens with zero attached hydrogens (tertiary/aromatic N) is 5. The number of aryl methyl sites for hydroxylation is 1. The van der Waals surface area contributed by atoms with Crippen LogP contribution < -0.4 is 10.5 Å². The zero-order valence-electron chi connectivity index (χ0n) is 16.8. The Morgan fingerprint density at radius 1 is 1.17 bits per heavy atom. The Labute approximate surface area is 175 Å². The first-order chi connectivity index (χ1) is 14.7. The summed E-state index contributed by atoms with van der Waals surface area (Å²) in [5, 5.41) is 9.61. The van der Waals surface area contributed by atoms with Gasteiger partial charge in [0.25, 0.3) is 5.56 Å². The van der Waals surface area contributed by atoms with Crippen LogP contribution in [0.25, 0.3) is 10.9 Å². The van der Waals surface area contributed by atoms with Gasteiger partial charge in [0.05, 0.1) is 16.5 Å². The van der Waals surface area contributed by atoms with Crippen LogP contribution in [0.1, 0.15) is 30.5 Å². The van der Waals surface area contributed by atoms with Crippen molar-refractivity contribution in [1.82, 2.24) is 19.9 Å². The normalized spacial score (nSPS) is 21.1. The lowest BCUT2D eigenvalue weighted by atomic mass is 10.1. The molecule has 2 atom stereocenters. The Morgan fingerprint density at radius 3 is 2.73 bits per heavy atom. The van der Waals surface area contributed by atoms with Gasteiger partial charge in [-0.15, -0.1) is 0 Å². The Bertz CT molecular complexity index is 1130. The fourth-order valence-corrected chi connectivity index (χ4v) is 4.91. The molecule has 0 spiro atoms. The van der Waals surface area contributed by atoms with Crippen LogP contribution >= 0.6 is 0 Å². The average Bonchev–Trinajstić information content (AvgIpc) is 3.01. The van der Waals surface area contributed by atoms with Crippen LogP contribution in [-0.4, -0.2) is 51.6 Å². The third-order valence-corrected chi connectivity index (χ3v) is 6.37. The molecule has 3 aromatic heterocycles. The van der Waals surface area contributed by atoms with Gasteiger partial charge in [-0.25, -0.2) is 4.98 Å². The van der Waals surface area contributed by atoms with Gasteiger partial charge < -0.3 is 9.88 Å². The highest BCUT2D eigenvalue weighted by molar-refractivity contribution is 5.77. The number of fused-ring (bicyclic) bond motifs is 3. The van der Waals surface area contributed by atoms with Gasteiger partial charge in [-0.05, 0) is 62.6 Å². The van der Waals surface area contributed by atoms with Crippen LogP contribution in [0.5, 0.6) is 0 Å². The molecule has 152 valence electrons. The van der Waals surface area contributed by atoms with E-state index in [4.69, 9.17) is 5.26 Å². The van der Waals surface area contributed by atoms with Crippen molar-refractivity contribution in [3.63, 3.8) is 0 Å². The molecule has 2 saturated heterocycles. The van der Waals surface area contributed by atoms with Crippen molar-refractivity contribution in [2.45, 2.75) is 37.8 Å². The van der Waals surface area contributed by atoms with E-state index in [2.05, 4.69) is 30.8 Å². The maximum Gasteiger partial charge on any atom is 0.257 e. The summed E-state index contributed by atoms with van der Waals surface area (Å²) in [5.41, 5.74) is 2.26. The number of hydrogen-bond acceptors (Lipinski definition) is 6. The van der Waals surface area contributed by atoms with Crippen LogP contribution in [-0.2, 0) is 6.42 Å². The summed E-state index contributed by atoms with van der Waals surface area (Å²) in [5.74, 6) is 0.965. The highest BCUT2D eigenvalue weighted by Gasteiger charge is 2.39. The van der Waals surface area contributed by atoms with Gasteiger partial charge in [0.1, 0.15) is 11.9 Å². The molecule has 2 bridgehead atoms. The second kappa shape index (κ2) is 7.88. The van der Waals surface area contributed by atoms with Crippen molar-refractivity contribution < 1.29 is 0 Å². The number of hydrogen-bond donors (Lipinski definition) is 1. The molecule has 5 rings (SSSR count). The summed E-state index contributed by atoms with van der Waals surface area (Å²) in [6.07, 6.45) is 7.67. The molecule has 2 aliphatic heterocycles. The Morgan fingerprint density at radius 2 is 2.00 bits per heavy atom. The minimum Gasteiger partial charge on any atom is -0.353 e. The van der Waals surface area contributed by atoms with Gasteiger partial charge in [0, 0.05) is 43.3 Å². The predicted octanol–water partition coefficient (Wildman–Crippen LogP) is 2.48. The largest absolute Gasteiger partial charge is 0.353 e. The quantitative estimate of drug-likeness (QED) is 0.708. The minimum absolute atomic E-state index is 0.0563. The fourth-order valence-electron chi connectivity index (χ4n) is 4.91. The molecule has 0 saturated carbocycles. The van der Waals surface area contributed by atoms with E-state index < -0.39 is 0 Å². The zero-order valence-corrected chi connectivity index (χ0v) is 16.8. The van der Waals surface area contributed by atoms with Gasteiger partial charge in [-0.3, -0.25) is 14.7 Å². The van der Waals surface area contributed by atoms with E-state index in [1.807, 2.05) is 24.3 Å². The van der Waals surface area contributed by atoms with Crippen LogP contribution in [0, 0.1) is 11.3 Å². The minimum atomic E-state index is -0.0563. The Kier molecular flexibility index (Phi) is 4.93. The second-order valence-electron chi connectivity index (χ2n) is 8.21. The van der Waals surface area contributed by atoms with Crippen LogP contribution in [0.2, 0.25) is 0 Å². The van der Waals surface area contributed by atoms with E-state index in [9.17, 15) is 4.79 Å². The molecule has 0 amide bonds. The Hall–Kier alpha value is -3.24. The first kappa shape index (κ1) is 18.8. The van der Waals surface area contributed by atoms with Crippen molar-refractivity contribution in [3.05, 3.63) is 64.3 Å². The highest BCUT2D eigenvalue weighted by atomic mass is 16.1. The van der Waals surface area contributed by atoms with Crippen LogP contribution in [0.3, 0.4) is 0 Å². The third-order valence-electron chi connectivity index (χ3n) is 6.37. The second-order valence-corrected chi connectivity index (χ2v) is 8.21. The molecule has 2 aliphatic rings. The first-order valence-corrected chi connectivity index (χ1v) is 10.5. The zero-order chi connectivity index (χ0) is 20.5. The lowest BCUT2D eigenvalue weighted by molar-refractivity contribution is 0.167. The van der Waals surface area contributed by atoms with E-state index in [1.165, 1.54) is 12.8 Å². The Balaban J connectivity index is 1.21.